The van der Waals surface area contributed by atoms with Crippen molar-refractivity contribution in [3.63, 3.8) is 0 Å². The van der Waals surface area contributed by atoms with Crippen LogP contribution in [0, 0.1) is 11.5 Å². The zero-order valence-electron chi connectivity index (χ0n) is 10.1. The molecule has 104 valence electrons. The molecule has 1 aromatic carbocycles. The van der Waals surface area contributed by atoms with Crippen molar-refractivity contribution in [3.05, 3.63) is 29.8 Å². The summed E-state index contributed by atoms with van der Waals surface area (Å²) in [4.78, 5) is 0. The Morgan fingerprint density at radius 3 is 2.45 bits per heavy atom. The summed E-state index contributed by atoms with van der Waals surface area (Å²) in [5.41, 5.74) is 0.402. The first-order valence-corrected chi connectivity index (χ1v) is 5.29. The zero-order valence-corrected chi connectivity index (χ0v) is 10.1. The Morgan fingerprint density at radius 2 is 1.95 bits per heavy atom. The lowest BCUT2D eigenvalue weighted by molar-refractivity contribution is -0.0578. The molecular formula is C11H8F3N5O. The Morgan fingerprint density at radius 1 is 1.30 bits per heavy atom. The van der Waals surface area contributed by atoms with Crippen molar-refractivity contribution in [3.8, 4) is 11.9 Å². The molecule has 1 aliphatic rings. The summed E-state index contributed by atoms with van der Waals surface area (Å²) in [5, 5.41) is 15.9. The average molecular weight is 283 g/mol. The smallest absolute Gasteiger partial charge is 0.437 e. The Bertz CT molecular complexity index is 600. The molecule has 0 saturated carbocycles. The molecule has 1 N–H and O–H groups in total. The number of nitriles is 1. The van der Waals surface area contributed by atoms with Crippen molar-refractivity contribution in [1.82, 2.24) is 10.7 Å². The third-order valence-electron chi connectivity index (χ3n) is 2.41. The summed E-state index contributed by atoms with van der Waals surface area (Å²) in [7, 11) is 1.44. The van der Waals surface area contributed by atoms with E-state index in [9.17, 15) is 13.2 Å². The third kappa shape index (κ3) is 2.64. The van der Waals surface area contributed by atoms with Crippen molar-refractivity contribution < 1.29 is 17.9 Å². The van der Waals surface area contributed by atoms with Gasteiger partial charge in [0.25, 0.3) is 0 Å². The number of ether oxygens (including phenoxy) is 1. The number of hydrazone groups is 2. The predicted molar refractivity (Wildman–Crippen MR) is 63.6 cm³/mol. The van der Waals surface area contributed by atoms with Gasteiger partial charge in [-0.05, 0) is 24.3 Å². The lowest BCUT2D eigenvalue weighted by atomic mass is 10.1. The van der Waals surface area contributed by atoms with Gasteiger partial charge in [-0.2, -0.15) is 29.1 Å². The van der Waals surface area contributed by atoms with Crippen LogP contribution >= 0.6 is 0 Å². The summed E-state index contributed by atoms with van der Waals surface area (Å²) >= 11 is 0. The van der Waals surface area contributed by atoms with Gasteiger partial charge in [0.05, 0.1) is 7.11 Å². The van der Waals surface area contributed by atoms with Crippen LogP contribution in [0.3, 0.4) is 0 Å². The van der Waals surface area contributed by atoms with E-state index in [1.165, 1.54) is 37.6 Å². The van der Waals surface area contributed by atoms with E-state index in [1.54, 1.807) is 0 Å². The number of nitrogens with zero attached hydrogens (tertiary/aromatic N) is 4. The SMILES string of the molecule is COc1ccc(C2=NN(C#N)NN=C2C(F)(F)F)cc1. The topological polar surface area (TPSA) is 73.0 Å². The molecule has 2 rings (SSSR count). The first kappa shape index (κ1) is 13.7. The van der Waals surface area contributed by atoms with E-state index in [4.69, 9.17) is 10.00 Å². The number of nitrogens with one attached hydrogen (secondary N) is 1. The molecule has 0 unspecified atom stereocenters. The lowest BCUT2D eigenvalue weighted by Crippen LogP contribution is -2.42. The molecule has 0 radical (unpaired) electrons. The normalized spacial score (nSPS) is 14.8. The maximum atomic E-state index is 12.9. The highest BCUT2D eigenvalue weighted by molar-refractivity contribution is 6.50. The van der Waals surface area contributed by atoms with E-state index in [2.05, 4.69) is 10.2 Å². The van der Waals surface area contributed by atoms with E-state index in [0.29, 0.717) is 10.9 Å². The molecule has 1 aliphatic heterocycles. The number of methoxy groups -OCH3 is 1. The number of hydrogen-bond donors (Lipinski definition) is 1. The second-order valence-corrected chi connectivity index (χ2v) is 3.65. The molecule has 0 saturated heterocycles. The van der Waals surface area contributed by atoms with Crippen LogP contribution < -0.4 is 10.3 Å². The fourth-order valence-corrected chi connectivity index (χ4v) is 1.51. The van der Waals surface area contributed by atoms with E-state index >= 15 is 0 Å². The monoisotopic (exact) mass is 283 g/mol. The van der Waals surface area contributed by atoms with Gasteiger partial charge in [0, 0.05) is 5.56 Å². The second kappa shape index (κ2) is 5.08. The number of benzene rings is 1. The molecule has 6 nitrogen and oxygen atoms in total. The molecule has 0 fully saturated rings. The minimum absolute atomic E-state index is 0.170. The van der Waals surface area contributed by atoms with E-state index in [0.717, 1.165) is 0 Å². The Kier molecular flexibility index (Phi) is 3.47. The first-order valence-electron chi connectivity index (χ1n) is 5.29. The molecular weight excluding hydrogens is 275 g/mol. The van der Waals surface area contributed by atoms with Crippen molar-refractivity contribution in [2.24, 2.45) is 10.2 Å². The number of rotatable bonds is 2. The summed E-state index contributed by atoms with van der Waals surface area (Å²) in [6, 6.07) is 5.79. The number of halogens is 3. The standard InChI is InChI=1S/C11H8F3N5O/c1-20-8-4-2-7(3-5-8)9-10(11(12,13)14)16-18-19(6-15)17-9/h2-5,18H,1H3. The van der Waals surface area contributed by atoms with Crippen LogP contribution in [0.5, 0.6) is 5.75 Å². The van der Waals surface area contributed by atoms with Crippen molar-refractivity contribution in [2.75, 3.05) is 7.11 Å². The molecule has 0 spiro atoms. The third-order valence-corrected chi connectivity index (χ3v) is 2.41. The van der Waals surface area contributed by atoms with Gasteiger partial charge < -0.3 is 4.74 Å². The van der Waals surface area contributed by atoms with Crippen molar-refractivity contribution in [1.29, 1.82) is 5.26 Å². The Labute approximate surface area is 111 Å². The van der Waals surface area contributed by atoms with Gasteiger partial charge in [-0.3, -0.25) is 0 Å². The molecule has 0 bridgehead atoms. The summed E-state index contributed by atoms with van der Waals surface area (Å²) in [6.07, 6.45) is -3.15. The maximum absolute atomic E-state index is 12.9. The molecule has 0 aromatic heterocycles. The fourth-order valence-electron chi connectivity index (χ4n) is 1.51. The van der Waals surface area contributed by atoms with Crippen LogP contribution in [0.1, 0.15) is 5.56 Å². The summed E-state index contributed by atoms with van der Waals surface area (Å²) in [5.74, 6) is 0.492. The minimum Gasteiger partial charge on any atom is -0.497 e. The summed E-state index contributed by atoms with van der Waals surface area (Å²) in [6.45, 7) is 0. The molecule has 1 aromatic rings. The molecule has 0 atom stereocenters. The Hall–Kier alpha value is -2.76. The largest absolute Gasteiger partial charge is 0.497 e. The van der Waals surface area contributed by atoms with Gasteiger partial charge >= 0.3 is 6.18 Å². The predicted octanol–water partition coefficient (Wildman–Crippen LogP) is 1.62. The Balaban J connectivity index is 2.44. The van der Waals surface area contributed by atoms with E-state index in [1.807, 2.05) is 5.53 Å². The van der Waals surface area contributed by atoms with Gasteiger partial charge in [-0.1, -0.05) is 5.12 Å². The van der Waals surface area contributed by atoms with Crippen LogP contribution in [0.25, 0.3) is 0 Å². The van der Waals surface area contributed by atoms with Crippen LogP contribution in [-0.4, -0.2) is 29.8 Å². The van der Waals surface area contributed by atoms with Gasteiger partial charge in [0.1, 0.15) is 11.5 Å². The maximum Gasteiger partial charge on any atom is 0.437 e. The van der Waals surface area contributed by atoms with Crippen molar-refractivity contribution >= 4 is 11.4 Å². The highest BCUT2D eigenvalue weighted by Crippen LogP contribution is 2.23. The van der Waals surface area contributed by atoms with E-state index in [-0.39, 0.29) is 5.56 Å². The highest BCUT2D eigenvalue weighted by atomic mass is 19.4. The summed E-state index contributed by atoms with van der Waals surface area (Å²) < 4.78 is 43.6. The fraction of sp³-hybridized carbons (Fsp3) is 0.182. The van der Waals surface area contributed by atoms with Gasteiger partial charge in [-0.15, -0.1) is 5.10 Å². The van der Waals surface area contributed by atoms with Crippen LogP contribution in [0.4, 0.5) is 13.2 Å². The van der Waals surface area contributed by atoms with Crippen molar-refractivity contribution in [2.45, 2.75) is 6.18 Å². The molecule has 20 heavy (non-hydrogen) atoms. The van der Waals surface area contributed by atoms with Gasteiger partial charge in [0.2, 0.25) is 6.19 Å². The van der Waals surface area contributed by atoms with Crippen LogP contribution in [0.2, 0.25) is 0 Å². The number of alkyl halides is 3. The lowest BCUT2D eigenvalue weighted by Gasteiger charge is -2.20. The second-order valence-electron chi connectivity index (χ2n) is 3.65. The molecule has 0 aliphatic carbocycles. The van der Waals surface area contributed by atoms with Crippen LogP contribution in [0.15, 0.2) is 34.5 Å². The first-order chi connectivity index (χ1) is 9.45. The van der Waals surface area contributed by atoms with Crippen LogP contribution in [-0.2, 0) is 0 Å². The highest BCUT2D eigenvalue weighted by Gasteiger charge is 2.42. The quantitative estimate of drug-likeness (QED) is 0.837. The minimum atomic E-state index is -4.69. The average Bonchev–Trinajstić information content (AvgIpc) is 2.45. The molecule has 0 amide bonds. The zero-order chi connectivity index (χ0) is 14.8. The number of hydrazine groups is 1. The van der Waals surface area contributed by atoms with E-state index < -0.39 is 17.6 Å². The molecule has 1 heterocycles. The van der Waals surface area contributed by atoms with Gasteiger partial charge in [-0.25, -0.2) is 0 Å². The molecule has 9 heteroatoms. The van der Waals surface area contributed by atoms with Gasteiger partial charge in [0.15, 0.2) is 5.71 Å². The number of hydrogen-bond acceptors (Lipinski definition) is 6.